The number of hydrogen-bond donors (Lipinski definition) is 0. The lowest BCUT2D eigenvalue weighted by Crippen LogP contribution is -2.33. The van der Waals surface area contributed by atoms with Crippen LogP contribution in [0.3, 0.4) is 0 Å². The summed E-state index contributed by atoms with van der Waals surface area (Å²) in [6.45, 7) is 10.9. The van der Waals surface area contributed by atoms with Crippen LogP contribution in [0.1, 0.15) is 70.9 Å². The zero-order valence-electron chi connectivity index (χ0n) is 22.3. The smallest absolute Gasteiger partial charge is 0.210 e. The Bertz CT molecular complexity index is 1360. The number of anilines is 1. The maximum Gasteiger partial charge on any atom is 0.210 e. The Morgan fingerprint density at radius 3 is 2.36 bits per heavy atom. The summed E-state index contributed by atoms with van der Waals surface area (Å²) in [5.41, 5.74) is 6.62. The van der Waals surface area contributed by atoms with Crippen LogP contribution in [0.2, 0.25) is 0 Å². The standard InChI is InChI=1S/C34H39N2/c1-5-8-25-34(4)32(24-19-26-17-21-28(22-18-26)35(6-2)7-3)36(29-14-10-11-15-29)31-23-20-27-13-9-12-16-30(27)33(31)34/h9,12-13,16-24,29H,6-7,10-11,14-15,25H2,1-4H3/q+1. The van der Waals surface area contributed by atoms with Gasteiger partial charge in [0, 0.05) is 55.7 Å². The molecule has 2 nitrogen and oxygen atoms in total. The highest BCUT2D eigenvalue weighted by Crippen LogP contribution is 2.48. The molecule has 5 rings (SSSR count). The lowest BCUT2D eigenvalue weighted by atomic mass is 9.74. The minimum Gasteiger partial charge on any atom is -0.372 e. The first kappa shape index (κ1) is 24.4. The van der Waals surface area contributed by atoms with Gasteiger partial charge in [-0.05, 0) is 81.1 Å². The number of hydrogen-bond acceptors (Lipinski definition) is 1. The molecule has 1 aliphatic carbocycles. The molecule has 1 fully saturated rings. The van der Waals surface area contributed by atoms with Gasteiger partial charge >= 0.3 is 0 Å². The molecule has 2 heteroatoms. The first-order chi connectivity index (χ1) is 17.6. The van der Waals surface area contributed by atoms with E-state index in [4.69, 9.17) is 0 Å². The van der Waals surface area contributed by atoms with Gasteiger partial charge in [-0.25, -0.2) is 0 Å². The van der Waals surface area contributed by atoms with Gasteiger partial charge in [-0.2, -0.15) is 4.58 Å². The Balaban J connectivity index is 1.64. The van der Waals surface area contributed by atoms with E-state index in [9.17, 15) is 0 Å². The molecule has 1 heterocycles. The van der Waals surface area contributed by atoms with E-state index >= 15 is 0 Å². The van der Waals surface area contributed by atoms with Crippen molar-refractivity contribution in [1.29, 1.82) is 0 Å². The van der Waals surface area contributed by atoms with Gasteiger partial charge in [0.25, 0.3) is 0 Å². The van der Waals surface area contributed by atoms with E-state index in [-0.39, 0.29) is 5.41 Å². The highest BCUT2D eigenvalue weighted by Gasteiger charge is 2.50. The number of benzene rings is 3. The molecule has 3 aromatic carbocycles. The van der Waals surface area contributed by atoms with E-state index in [1.54, 1.807) is 0 Å². The minimum absolute atomic E-state index is 0.153. The van der Waals surface area contributed by atoms with Crippen LogP contribution in [0, 0.1) is 11.8 Å². The van der Waals surface area contributed by atoms with E-state index in [0.717, 1.165) is 19.5 Å². The van der Waals surface area contributed by atoms with Gasteiger partial charge in [-0.1, -0.05) is 36.4 Å². The van der Waals surface area contributed by atoms with E-state index in [1.807, 2.05) is 6.92 Å². The lowest BCUT2D eigenvalue weighted by Gasteiger charge is -2.21. The molecule has 1 atom stereocenters. The fourth-order valence-electron chi connectivity index (χ4n) is 6.39. The molecule has 0 saturated heterocycles. The van der Waals surface area contributed by atoms with E-state index in [1.165, 1.54) is 64.7 Å². The molecule has 1 saturated carbocycles. The van der Waals surface area contributed by atoms with Gasteiger partial charge in [0.05, 0.1) is 5.41 Å². The van der Waals surface area contributed by atoms with Crippen molar-refractivity contribution in [2.45, 2.75) is 71.3 Å². The molecule has 0 bridgehead atoms. The Morgan fingerprint density at radius 1 is 0.944 bits per heavy atom. The van der Waals surface area contributed by atoms with Crippen LogP contribution >= 0.6 is 0 Å². The summed E-state index contributed by atoms with van der Waals surface area (Å²) >= 11 is 0. The summed E-state index contributed by atoms with van der Waals surface area (Å²) in [6.07, 6.45) is 10.7. The molecule has 1 unspecified atom stereocenters. The van der Waals surface area contributed by atoms with Crippen LogP contribution in [-0.2, 0) is 5.41 Å². The number of rotatable bonds is 7. The maximum absolute atomic E-state index is 3.47. The first-order valence-corrected chi connectivity index (χ1v) is 13.7. The van der Waals surface area contributed by atoms with Gasteiger partial charge < -0.3 is 4.90 Å². The number of allylic oxidation sites excluding steroid dienone is 1. The number of nitrogens with zero attached hydrogens (tertiary/aromatic N) is 2. The van der Waals surface area contributed by atoms with Gasteiger partial charge in [0.2, 0.25) is 5.69 Å². The van der Waals surface area contributed by atoms with Gasteiger partial charge in [0.15, 0.2) is 11.8 Å². The highest BCUT2D eigenvalue weighted by atomic mass is 15.1. The average Bonchev–Trinajstić information content (AvgIpc) is 3.53. The zero-order chi connectivity index (χ0) is 25.1. The van der Waals surface area contributed by atoms with Crippen molar-refractivity contribution in [2.24, 2.45) is 0 Å². The molecule has 0 N–H and O–H groups in total. The molecule has 3 aromatic rings. The molecule has 36 heavy (non-hydrogen) atoms. The van der Waals surface area contributed by atoms with Crippen molar-refractivity contribution in [3.05, 3.63) is 77.9 Å². The van der Waals surface area contributed by atoms with E-state index < -0.39 is 0 Å². The van der Waals surface area contributed by atoms with Gasteiger partial charge in [0.1, 0.15) is 0 Å². The quantitative estimate of drug-likeness (QED) is 0.247. The summed E-state index contributed by atoms with van der Waals surface area (Å²) in [6, 6.07) is 23.1. The first-order valence-electron chi connectivity index (χ1n) is 13.7. The van der Waals surface area contributed by atoms with Gasteiger partial charge in [-0.15, -0.1) is 11.8 Å². The predicted molar refractivity (Wildman–Crippen MR) is 156 cm³/mol. The second-order valence-corrected chi connectivity index (χ2v) is 10.4. The molecule has 0 amide bonds. The molecular formula is C34H39N2+. The van der Waals surface area contributed by atoms with Crippen molar-refractivity contribution < 1.29 is 4.58 Å². The largest absolute Gasteiger partial charge is 0.372 e. The average molecular weight is 476 g/mol. The Hall–Kier alpha value is -3.31. The van der Waals surface area contributed by atoms with E-state index in [2.05, 4.69) is 115 Å². The van der Waals surface area contributed by atoms with Crippen molar-refractivity contribution in [1.82, 2.24) is 0 Å². The van der Waals surface area contributed by atoms with Crippen molar-refractivity contribution in [3.8, 4) is 11.8 Å². The van der Waals surface area contributed by atoms with Crippen molar-refractivity contribution in [2.75, 3.05) is 18.0 Å². The summed E-state index contributed by atoms with van der Waals surface area (Å²) in [5.74, 6) is 6.67. The van der Waals surface area contributed by atoms with Crippen LogP contribution in [0.4, 0.5) is 11.4 Å². The van der Waals surface area contributed by atoms with Crippen LogP contribution in [-0.4, -0.2) is 29.4 Å². The molecule has 2 aliphatic rings. The van der Waals surface area contributed by atoms with Crippen molar-refractivity contribution >= 4 is 33.9 Å². The minimum atomic E-state index is -0.153. The fourth-order valence-corrected chi connectivity index (χ4v) is 6.39. The van der Waals surface area contributed by atoms with Crippen LogP contribution < -0.4 is 4.90 Å². The van der Waals surface area contributed by atoms with Crippen molar-refractivity contribution in [3.63, 3.8) is 0 Å². The maximum atomic E-state index is 3.47. The molecular weight excluding hydrogens is 436 g/mol. The Labute approximate surface area is 217 Å². The third-order valence-corrected chi connectivity index (χ3v) is 8.31. The molecule has 1 aliphatic heterocycles. The van der Waals surface area contributed by atoms with E-state index in [0.29, 0.717) is 6.04 Å². The van der Waals surface area contributed by atoms with Gasteiger partial charge in [-0.3, -0.25) is 0 Å². The third kappa shape index (κ3) is 4.26. The highest BCUT2D eigenvalue weighted by molar-refractivity contribution is 6.09. The van der Waals surface area contributed by atoms with Crippen LogP contribution in [0.5, 0.6) is 0 Å². The third-order valence-electron chi connectivity index (χ3n) is 8.31. The Morgan fingerprint density at radius 2 is 1.67 bits per heavy atom. The molecule has 0 aromatic heterocycles. The monoisotopic (exact) mass is 475 g/mol. The lowest BCUT2D eigenvalue weighted by molar-refractivity contribution is -0.480. The second kappa shape index (κ2) is 10.4. The SMILES string of the molecule is CC#CCC1(C)C(C=Cc2ccc(N(CC)CC)cc2)=[N+](C2CCCC2)c2ccc3ccccc3c21. The summed E-state index contributed by atoms with van der Waals surface area (Å²) in [7, 11) is 0. The summed E-state index contributed by atoms with van der Waals surface area (Å²) < 4.78 is 2.69. The molecule has 184 valence electrons. The topological polar surface area (TPSA) is 6.25 Å². The molecule has 0 spiro atoms. The number of fused-ring (bicyclic) bond motifs is 3. The molecule has 0 radical (unpaired) electrons. The Kier molecular flexibility index (Phi) is 7.01. The summed E-state index contributed by atoms with van der Waals surface area (Å²) in [5, 5.41) is 2.68. The fraction of sp³-hybridized carbons (Fsp3) is 0.382. The zero-order valence-corrected chi connectivity index (χ0v) is 22.3. The van der Waals surface area contributed by atoms with Crippen LogP contribution in [0.25, 0.3) is 16.8 Å². The normalized spacial score (nSPS) is 19.7. The summed E-state index contributed by atoms with van der Waals surface area (Å²) in [4.78, 5) is 2.39. The second-order valence-electron chi connectivity index (χ2n) is 10.4. The predicted octanol–water partition coefficient (Wildman–Crippen LogP) is 8.11. The van der Waals surface area contributed by atoms with Crippen LogP contribution in [0.15, 0.2) is 66.7 Å².